The molecule has 4 aromatic rings. The number of thiazole rings is 1. The van der Waals surface area contributed by atoms with E-state index in [0.717, 1.165) is 30.4 Å². The zero-order chi connectivity index (χ0) is 34.4. The van der Waals surface area contributed by atoms with E-state index >= 15 is 0 Å². The Kier molecular flexibility index (Phi) is 10.1. The van der Waals surface area contributed by atoms with Crippen LogP contribution in [0.3, 0.4) is 0 Å². The summed E-state index contributed by atoms with van der Waals surface area (Å²) in [7, 11) is 0. The fraction of sp³-hybridized carbons (Fsp3) is 0.297. The smallest absolute Gasteiger partial charge is 0.330 e. The molecule has 0 spiro atoms. The molecule has 3 aliphatic rings. The summed E-state index contributed by atoms with van der Waals surface area (Å²) in [5.41, 5.74) is 1.56. The van der Waals surface area contributed by atoms with Crippen LogP contribution < -0.4 is 21.5 Å². The summed E-state index contributed by atoms with van der Waals surface area (Å²) >= 11 is 1.22. The Morgan fingerprint density at radius 1 is 1.02 bits per heavy atom. The monoisotopic (exact) mass is 679 g/mol. The number of pyridine rings is 1. The number of ether oxygens (including phenoxy) is 1. The summed E-state index contributed by atoms with van der Waals surface area (Å²) in [6.45, 7) is 1.68. The van der Waals surface area contributed by atoms with Crippen molar-refractivity contribution in [2.45, 2.75) is 63.8 Å². The molecule has 49 heavy (non-hydrogen) atoms. The maximum atomic E-state index is 13.6. The van der Waals surface area contributed by atoms with Crippen LogP contribution in [0.25, 0.3) is 10.6 Å². The van der Waals surface area contributed by atoms with Crippen molar-refractivity contribution in [3.05, 3.63) is 118 Å². The van der Waals surface area contributed by atoms with E-state index in [9.17, 15) is 24.0 Å². The van der Waals surface area contributed by atoms with Crippen molar-refractivity contribution in [1.82, 2.24) is 20.2 Å². The average molecular weight is 680 g/mol. The number of esters is 1. The third-order valence-electron chi connectivity index (χ3n) is 8.78. The molecule has 0 saturated heterocycles. The maximum absolute atomic E-state index is 13.6. The second-order valence-corrected chi connectivity index (χ2v) is 13.5. The van der Waals surface area contributed by atoms with Gasteiger partial charge < -0.3 is 25.3 Å². The molecule has 2 heterocycles. The van der Waals surface area contributed by atoms with Gasteiger partial charge in [-0.25, -0.2) is 9.78 Å². The second-order valence-electron chi connectivity index (χ2n) is 12.5. The Bertz CT molecular complexity index is 1920. The highest BCUT2D eigenvalue weighted by Gasteiger charge is 2.57. The number of rotatable bonds is 14. The van der Waals surface area contributed by atoms with Crippen molar-refractivity contribution < 1.29 is 23.9 Å². The van der Waals surface area contributed by atoms with Gasteiger partial charge >= 0.3 is 5.97 Å². The van der Waals surface area contributed by atoms with Gasteiger partial charge in [-0.05, 0) is 62.6 Å². The van der Waals surface area contributed by atoms with Crippen LogP contribution in [0.5, 0.6) is 0 Å². The van der Waals surface area contributed by atoms with Crippen molar-refractivity contribution in [3.63, 3.8) is 0 Å². The van der Waals surface area contributed by atoms with E-state index in [1.165, 1.54) is 34.2 Å². The normalized spacial score (nSPS) is 18.1. The van der Waals surface area contributed by atoms with Crippen LogP contribution in [0.4, 0.5) is 5.69 Å². The molecule has 2 aromatic carbocycles. The van der Waals surface area contributed by atoms with Crippen molar-refractivity contribution in [2.24, 2.45) is 5.92 Å². The Balaban J connectivity index is 1.12. The average Bonchev–Trinajstić information content (AvgIpc) is 3.47. The number of carbonyl (C=O) groups excluding carboxylic acids is 4. The van der Waals surface area contributed by atoms with E-state index in [2.05, 4.69) is 20.9 Å². The minimum atomic E-state index is -1.07. The Morgan fingerprint density at radius 2 is 1.73 bits per heavy atom. The first-order valence-electron chi connectivity index (χ1n) is 16.2. The van der Waals surface area contributed by atoms with E-state index in [0.29, 0.717) is 21.5 Å². The first kappa shape index (κ1) is 33.5. The van der Waals surface area contributed by atoms with Crippen LogP contribution in [0.15, 0.2) is 95.9 Å². The molecule has 0 aliphatic heterocycles. The standard InChI is InChI=1S/C37H37N5O6S/c1-24-32(49-35(38-24)27-13-6-3-7-14-27)34(46)39-28(15-8-9-17-31(44)48-23-25-11-4-2-5-12-25)33(45)40-29-16-10-18-42(36(29)47)22-30(43)41-37-19-26(20-37)21-37/h2-7,9-14,16-18,26,28H,8,15,19-23H2,1H3,(H,39,46)(H,40,45)(H,41,43)/b17-9+/t26?,28-,37?/m0/s1. The quantitative estimate of drug-likeness (QED) is 0.129. The molecule has 7 rings (SSSR count). The number of nitrogens with zero attached hydrogens (tertiary/aromatic N) is 2. The van der Waals surface area contributed by atoms with Gasteiger partial charge in [0.25, 0.3) is 11.5 Å². The SMILES string of the molecule is Cc1nc(-c2ccccc2)sc1C(=O)N[C@@H](CC/C=C/C(=O)OCc1ccccc1)C(=O)Nc1cccn(CC(=O)NC23CC(C2)C3)c1=O. The van der Waals surface area contributed by atoms with Crippen LogP contribution in [0.1, 0.15) is 53.0 Å². The largest absolute Gasteiger partial charge is 0.458 e. The molecule has 3 amide bonds. The van der Waals surface area contributed by atoms with Crippen LogP contribution in [-0.4, -0.2) is 44.8 Å². The zero-order valence-corrected chi connectivity index (χ0v) is 27.8. The van der Waals surface area contributed by atoms with E-state index < -0.39 is 29.4 Å². The number of aryl methyl sites for hydroxylation is 1. The number of benzene rings is 2. The summed E-state index contributed by atoms with van der Waals surface area (Å²) in [5.74, 6) is -1.19. The molecular formula is C37H37N5O6S. The summed E-state index contributed by atoms with van der Waals surface area (Å²) in [6.07, 6.45) is 7.67. The van der Waals surface area contributed by atoms with Gasteiger partial charge in [-0.3, -0.25) is 19.2 Å². The van der Waals surface area contributed by atoms with Gasteiger partial charge in [-0.2, -0.15) is 0 Å². The zero-order valence-electron chi connectivity index (χ0n) is 27.0. The molecular weight excluding hydrogens is 643 g/mol. The van der Waals surface area contributed by atoms with Gasteiger partial charge in [0.15, 0.2) is 0 Å². The fourth-order valence-electron chi connectivity index (χ4n) is 6.12. The van der Waals surface area contributed by atoms with Crippen LogP contribution in [-0.2, 0) is 32.3 Å². The topological polar surface area (TPSA) is 148 Å². The molecule has 2 bridgehead atoms. The summed E-state index contributed by atoms with van der Waals surface area (Å²) in [6, 6.07) is 20.7. The first-order valence-corrected chi connectivity index (χ1v) is 17.0. The van der Waals surface area contributed by atoms with Crippen molar-refractivity contribution >= 4 is 40.7 Å². The van der Waals surface area contributed by atoms with Crippen molar-refractivity contribution in [1.29, 1.82) is 0 Å². The second kappa shape index (κ2) is 14.8. The summed E-state index contributed by atoms with van der Waals surface area (Å²) in [5, 5.41) is 9.16. The molecule has 12 heteroatoms. The number of hydrogen-bond donors (Lipinski definition) is 3. The van der Waals surface area contributed by atoms with Gasteiger partial charge in [0, 0.05) is 23.4 Å². The number of nitrogens with one attached hydrogen (secondary N) is 3. The van der Waals surface area contributed by atoms with E-state index in [1.54, 1.807) is 19.1 Å². The van der Waals surface area contributed by atoms with Crippen molar-refractivity contribution in [2.75, 3.05) is 5.32 Å². The number of carbonyl (C=O) groups is 4. The molecule has 1 atom stereocenters. The van der Waals surface area contributed by atoms with Crippen LogP contribution in [0.2, 0.25) is 0 Å². The molecule has 0 unspecified atom stereocenters. The molecule has 3 fully saturated rings. The molecule has 252 valence electrons. The number of amides is 3. The van der Waals surface area contributed by atoms with Gasteiger partial charge in [0.1, 0.15) is 34.8 Å². The van der Waals surface area contributed by atoms with Crippen LogP contribution >= 0.6 is 11.3 Å². The maximum Gasteiger partial charge on any atom is 0.330 e. The predicted octanol–water partition coefficient (Wildman–Crippen LogP) is 4.77. The third-order valence-corrected chi connectivity index (χ3v) is 9.99. The number of hydrogen-bond acceptors (Lipinski definition) is 8. The summed E-state index contributed by atoms with van der Waals surface area (Å²) in [4.78, 5) is 70.2. The number of aromatic nitrogens is 2. The molecule has 11 nitrogen and oxygen atoms in total. The molecule has 3 N–H and O–H groups in total. The minimum Gasteiger partial charge on any atom is -0.458 e. The van der Waals surface area contributed by atoms with Gasteiger partial charge in [0.2, 0.25) is 11.8 Å². The van der Waals surface area contributed by atoms with Crippen LogP contribution in [0, 0.1) is 12.8 Å². The van der Waals surface area contributed by atoms with E-state index in [4.69, 9.17) is 4.74 Å². The number of anilines is 1. The lowest BCUT2D eigenvalue weighted by molar-refractivity contribution is -0.139. The summed E-state index contributed by atoms with van der Waals surface area (Å²) < 4.78 is 6.53. The highest BCUT2D eigenvalue weighted by molar-refractivity contribution is 7.17. The highest BCUT2D eigenvalue weighted by atomic mass is 32.1. The Hall–Kier alpha value is -5.36. The lowest BCUT2D eigenvalue weighted by Crippen LogP contribution is -2.68. The molecule has 3 aliphatic carbocycles. The van der Waals surface area contributed by atoms with Gasteiger partial charge in [-0.1, -0.05) is 66.7 Å². The van der Waals surface area contributed by atoms with E-state index in [1.807, 2.05) is 60.7 Å². The molecule has 2 aromatic heterocycles. The molecule has 0 radical (unpaired) electrons. The van der Waals surface area contributed by atoms with Crippen molar-refractivity contribution in [3.8, 4) is 10.6 Å². The third kappa shape index (κ3) is 8.21. The fourth-order valence-corrected chi connectivity index (χ4v) is 7.10. The van der Waals surface area contributed by atoms with Gasteiger partial charge in [-0.15, -0.1) is 11.3 Å². The minimum absolute atomic E-state index is 0.0227. The number of allylic oxidation sites excluding steroid dienone is 1. The molecule has 3 saturated carbocycles. The highest BCUT2D eigenvalue weighted by Crippen LogP contribution is 2.56. The van der Waals surface area contributed by atoms with E-state index in [-0.39, 0.29) is 43.1 Å². The lowest BCUT2D eigenvalue weighted by atomic mass is 9.50. The predicted molar refractivity (Wildman–Crippen MR) is 186 cm³/mol. The Morgan fingerprint density at radius 3 is 2.43 bits per heavy atom. The first-order chi connectivity index (χ1) is 23.7. The lowest BCUT2D eigenvalue weighted by Gasteiger charge is -2.61. The van der Waals surface area contributed by atoms with Gasteiger partial charge in [0.05, 0.1) is 5.69 Å². The Labute approximate surface area is 287 Å².